The Morgan fingerprint density at radius 1 is 1.24 bits per heavy atom. The van der Waals surface area contributed by atoms with Crippen LogP contribution in [0.25, 0.3) is 0 Å². The Kier molecular flexibility index (Phi) is 6.16. The van der Waals surface area contributed by atoms with Crippen molar-refractivity contribution in [3.8, 4) is 0 Å². The number of esters is 2. The fourth-order valence-corrected chi connectivity index (χ4v) is 4.97. The van der Waals surface area contributed by atoms with Gasteiger partial charge in [-0.15, -0.1) is 0 Å². The molecule has 0 bridgehead atoms. The van der Waals surface area contributed by atoms with E-state index in [0.717, 1.165) is 0 Å². The summed E-state index contributed by atoms with van der Waals surface area (Å²) in [6.07, 6.45) is 0. The zero-order valence-corrected chi connectivity index (χ0v) is 18.2. The van der Waals surface area contributed by atoms with Gasteiger partial charge in [0, 0.05) is 10.0 Å². The maximum Gasteiger partial charge on any atom is 0.338 e. The Hall–Kier alpha value is -2.16. The first-order valence-corrected chi connectivity index (χ1v) is 10.3. The first-order chi connectivity index (χ1) is 13.7. The summed E-state index contributed by atoms with van der Waals surface area (Å²) in [4.78, 5) is 39.5. The molecule has 3 rings (SSSR count). The molecule has 0 aliphatic carbocycles. The highest BCUT2D eigenvalue weighted by Crippen LogP contribution is 2.50. The molecule has 2 aliphatic rings. The maximum absolute atomic E-state index is 12.9. The molecule has 2 atom stereocenters. The van der Waals surface area contributed by atoms with E-state index >= 15 is 0 Å². The Labute approximate surface area is 181 Å². The molecule has 0 saturated carbocycles. The fourth-order valence-electron chi connectivity index (χ4n) is 3.29. The highest BCUT2D eigenvalue weighted by molar-refractivity contribution is 8.04. The number of rotatable bonds is 4. The van der Waals surface area contributed by atoms with E-state index in [1.807, 2.05) is 0 Å². The summed E-state index contributed by atoms with van der Waals surface area (Å²) in [6, 6.07) is 4.69. The van der Waals surface area contributed by atoms with Crippen LogP contribution in [0.4, 0.5) is 0 Å². The molecule has 7 nitrogen and oxygen atoms in total. The molecule has 154 valence electrons. The normalized spacial score (nSPS) is 21.4. The number of thioether (sulfide) groups is 1. The van der Waals surface area contributed by atoms with E-state index in [2.05, 4.69) is 0 Å². The van der Waals surface area contributed by atoms with E-state index in [0.29, 0.717) is 15.6 Å². The van der Waals surface area contributed by atoms with Crippen molar-refractivity contribution in [2.45, 2.75) is 25.0 Å². The average molecular weight is 457 g/mol. The monoisotopic (exact) mass is 456 g/mol. The Balaban J connectivity index is 2.34. The van der Waals surface area contributed by atoms with Crippen LogP contribution in [0.1, 0.15) is 25.3 Å². The molecule has 1 saturated heterocycles. The number of amides is 1. The van der Waals surface area contributed by atoms with Gasteiger partial charge in [0.15, 0.2) is 0 Å². The number of hydrogen-bond acceptors (Lipinski definition) is 7. The van der Waals surface area contributed by atoms with Crippen molar-refractivity contribution < 1.29 is 23.9 Å². The smallest absolute Gasteiger partial charge is 0.338 e. The summed E-state index contributed by atoms with van der Waals surface area (Å²) in [5.74, 6) is -2.87. The van der Waals surface area contributed by atoms with Gasteiger partial charge in [-0.05, 0) is 31.5 Å². The number of nitrogens with zero attached hydrogens (tertiary/aromatic N) is 1. The van der Waals surface area contributed by atoms with Crippen molar-refractivity contribution in [2.24, 2.45) is 5.73 Å². The summed E-state index contributed by atoms with van der Waals surface area (Å²) in [5.41, 5.74) is 6.74. The van der Waals surface area contributed by atoms with Gasteiger partial charge >= 0.3 is 11.9 Å². The van der Waals surface area contributed by atoms with E-state index in [1.165, 1.54) is 29.8 Å². The molecule has 0 aromatic heterocycles. The quantitative estimate of drug-likeness (QED) is 0.694. The number of hydrogen-bond donors (Lipinski definition) is 1. The van der Waals surface area contributed by atoms with Crippen LogP contribution in [0.15, 0.2) is 40.2 Å². The van der Waals surface area contributed by atoms with Gasteiger partial charge in [-0.2, -0.15) is 0 Å². The van der Waals surface area contributed by atoms with Crippen molar-refractivity contribution in [2.75, 3.05) is 13.7 Å². The predicted octanol–water partition coefficient (Wildman–Crippen LogP) is 3.17. The zero-order valence-electron chi connectivity index (χ0n) is 15.8. The molecule has 2 heterocycles. The van der Waals surface area contributed by atoms with Gasteiger partial charge in [0.25, 0.3) is 0 Å². The summed E-state index contributed by atoms with van der Waals surface area (Å²) in [5, 5.41) is 0.439. The molecule has 0 spiro atoms. The molecule has 1 aromatic carbocycles. The first kappa shape index (κ1) is 21.5. The molecule has 2 N–H and O–H groups in total. The van der Waals surface area contributed by atoms with E-state index < -0.39 is 23.1 Å². The van der Waals surface area contributed by atoms with E-state index in [9.17, 15) is 14.4 Å². The number of carbonyl (C=O) groups excluding carboxylic acids is 3. The van der Waals surface area contributed by atoms with Gasteiger partial charge in [0.2, 0.25) is 5.91 Å². The topological polar surface area (TPSA) is 98.9 Å². The van der Waals surface area contributed by atoms with Crippen LogP contribution in [0.3, 0.4) is 0 Å². The molecular formula is C19H18Cl2N2O5S. The molecule has 1 aromatic rings. The standard InChI is InChI=1S/C19H18Cl2N2O5S/c1-4-28-19(26)13-12(10-6-5-9(20)7-11(10)21)14(18(25)27-3)17-23(15(13)22)16(24)8(2)29-17/h5-8,12H,4,22H2,1-3H3/t8-,12-/m0/s1. The van der Waals surface area contributed by atoms with Crippen molar-refractivity contribution >= 4 is 52.8 Å². The molecule has 1 fully saturated rings. The summed E-state index contributed by atoms with van der Waals surface area (Å²) < 4.78 is 10.1. The third kappa shape index (κ3) is 3.60. The fraction of sp³-hybridized carbons (Fsp3) is 0.316. The minimum Gasteiger partial charge on any atom is -0.466 e. The number of nitrogens with two attached hydrogens (primary N) is 1. The molecule has 10 heteroatoms. The lowest BCUT2D eigenvalue weighted by Gasteiger charge is -2.33. The summed E-state index contributed by atoms with van der Waals surface area (Å²) >= 11 is 13.6. The second-order valence-electron chi connectivity index (χ2n) is 6.26. The van der Waals surface area contributed by atoms with Crippen LogP contribution < -0.4 is 5.73 Å². The zero-order chi connectivity index (χ0) is 21.5. The van der Waals surface area contributed by atoms with Crippen molar-refractivity contribution in [1.29, 1.82) is 0 Å². The van der Waals surface area contributed by atoms with Crippen LogP contribution >= 0.6 is 35.0 Å². The molecule has 0 unspecified atom stereocenters. The Morgan fingerprint density at radius 2 is 1.93 bits per heavy atom. The number of carbonyl (C=O) groups is 3. The third-order valence-electron chi connectivity index (χ3n) is 4.56. The minimum atomic E-state index is -0.983. The molecule has 1 amide bonds. The number of fused-ring (bicyclic) bond motifs is 1. The second-order valence-corrected chi connectivity index (χ2v) is 8.44. The number of benzene rings is 1. The SMILES string of the molecule is CCOC(=O)C1=C(N)N2C(=O)[C@H](C)SC2=C(C(=O)OC)[C@H]1c1ccc(Cl)cc1Cl. The summed E-state index contributed by atoms with van der Waals surface area (Å²) in [7, 11) is 1.22. The lowest BCUT2D eigenvalue weighted by Crippen LogP contribution is -2.40. The molecule has 0 radical (unpaired) electrons. The van der Waals surface area contributed by atoms with Crippen LogP contribution in [0.5, 0.6) is 0 Å². The van der Waals surface area contributed by atoms with Crippen LogP contribution in [0.2, 0.25) is 10.0 Å². The Bertz CT molecular complexity index is 975. The van der Waals surface area contributed by atoms with Gasteiger partial charge in [0.1, 0.15) is 5.82 Å². The van der Waals surface area contributed by atoms with Crippen LogP contribution in [-0.4, -0.2) is 41.7 Å². The van der Waals surface area contributed by atoms with Crippen LogP contribution in [0, 0.1) is 0 Å². The van der Waals surface area contributed by atoms with Crippen LogP contribution in [-0.2, 0) is 23.9 Å². The largest absolute Gasteiger partial charge is 0.466 e. The van der Waals surface area contributed by atoms with Gasteiger partial charge in [0.05, 0.1) is 41.1 Å². The van der Waals surface area contributed by atoms with Crippen molar-refractivity contribution in [3.05, 3.63) is 55.8 Å². The van der Waals surface area contributed by atoms with E-state index in [1.54, 1.807) is 26.0 Å². The third-order valence-corrected chi connectivity index (χ3v) is 6.30. The highest BCUT2D eigenvalue weighted by atomic mass is 35.5. The maximum atomic E-state index is 12.9. The highest BCUT2D eigenvalue weighted by Gasteiger charge is 2.49. The average Bonchev–Trinajstić information content (AvgIpc) is 2.96. The molecule has 29 heavy (non-hydrogen) atoms. The predicted molar refractivity (Wildman–Crippen MR) is 110 cm³/mol. The minimum absolute atomic E-state index is 0.0525. The van der Waals surface area contributed by atoms with Crippen molar-refractivity contribution in [1.82, 2.24) is 4.90 Å². The van der Waals surface area contributed by atoms with E-state index in [-0.39, 0.29) is 34.5 Å². The lowest BCUT2D eigenvalue weighted by atomic mass is 9.82. The Morgan fingerprint density at radius 3 is 2.52 bits per heavy atom. The number of ether oxygens (including phenoxy) is 2. The number of methoxy groups -OCH3 is 1. The van der Waals surface area contributed by atoms with Gasteiger partial charge < -0.3 is 15.2 Å². The van der Waals surface area contributed by atoms with Gasteiger partial charge in [-0.3, -0.25) is 9.69 Å². The van der Waals surface area contributed by atoms with Crippen molar-refractivity contribution in [3.63, 3.8) is 0 Å². The van der Waals surface area contributed by atoms with E-state index in [4.69, 9.17) is 38.4 Å². The number of halogens is 2. The second kappa shape index (κ2) is 8.30. The molecular weight excluding hydrogens is 439 g/mol. The summed E-state index contributed by atoms with van der Waals surface area (Å²) in [6.45, 7) is 3.41. The lowest BCUT2D eigenvalue weighted by molar-refractivity contribution is -0.139. The first-order valence-electron chi connectivity index (χ1n) is 8.67. The molecule has 2 aliphatic heterocycles. The van der Waals surface area contributed by atoms with Gasteiger partial charge in [-0.25, -0.2) is 9.59 Å². The van der Waals surface area contributed by atoms with Gasteiger partial charge in [-0.1, -0.05) is 41.0 Å².